The van der Waals surface area contributed by atoms with Crippen LogP contribution in [0.2, 0.25) is 0 Å². The van der Waals surface area contributed by atoms with Crippen molar-refractivity contribution in [1.82, 2.24) is 4.90 Å². The first-order valence-electron chi connectivity index (χ1n) is 9.59. The molecule has 0 radical (unpaired) electrons. The van der Waals surface area contributed by atoms with Crippen molar-refractivity contribution in [3.8, 4) is 0 Å². The van der Waals surface area contributed by atoms with Crippen molar-refractivity contribution < 1.29 is 14.2 Å². The van der Waals surface area contributed by atoms with Crippen molar-refractivity contribution in [2.24, 2.45) is 0 Å². The monoisotopic (exact) mass is 353 g/mol. The highest BCUT2D eigenvalue weighted by Gasteiger charge is 2.50. The Morgan fingerprint density at radius 3 is 2.19 bits per heavy atom. The van der Waals surface area contributed by atoms with Gasteiger partial charge in [-0.2, -0.15) is 4.58 Å². The van der Waals surface area contributed by atoms with Crippen LogP contribution in [0.25, 0.3) is 0 Å². The van der Waals surface area contributed by atoms with Crippen LogP contribution in [0.15, 0.2) is 35.9 Å². The van der Waals surface area contributed by atoms with Gasteiger partial charge in [0.25, 0.3) is 0 Å². The van der Waals surface area contributed by atoms with Crippen molar-refractivity contribution in [3.63, 3.8) is 0 Å². The molecule has 0 atom stereocenters. The number of hydrogen-bond acceptors (Lipinski definition) is 3. The number of ketones is 2. The van der Waals surface area contributed by atoms with E-state index in [0.717, 1.165) is 37.3 Å². The van der Waals surface area contributed by atoms with Crippen molar-refractivity contribution >= 4 is 23.0 Å². The third-order valence-electron chi connectivity index (χ3n) is 5.64. The molecule has 26 heavy (non-hydrogen) atoms. The molecule has 2 aliphatic rings. The fraction of sp³-hybridized carbons (Fsp3) is 0.500. The fourth-order valence-corrected chi connectivity index (χ4v) is 4.27. The Morgan fingerprint density at radius 2 is 1.65 bits per heavy atom. The van der Waals surface area contributed by atoms with Gasteiger partial charge in [-0.3, -0.25) is 14.5 Å². The molecule has 4 nitrogen and oxygen atoms in total. The third-order valence-corrected chi connectivity index (χ3v) is 5.64. The highest BCUT2D eigenvalue weighted by molar-refractivity contribution is 6.43. The van der Waals surface area contributed by atoms with Crippen LogP contribution >= 0.6 is 0 Å². The summed E-state index contributed by atoms with van der Waals surface area (Å²) in [4.78, 5) is 27.6. The molecule has 0 N–H and O–H groups in total. The van der Waals surface area contributed by atoms with Gasteiger partial charge in [0.05, 0.1) is 11.0 Å². The summed E-state index contributed by atoms with van der Waals surface area (Å²) < 4.78 is 2.10. The lowest BCUT2D eigenvalue weighted by molar-refractivity contribution is -0.401. The molecule has 0 unspecified atom stereocenters. The summed E-state index contributed by atoms with van der Waals surface area (Å²) >= 11 is 0. The first kappa shape index (κ1) is 18.7. The Morgan fingerprint density at radius 1 is 1.08 bits per heavy atom. The Hall–Kier alpha value is -2.07. The second-order valence-electron chi connectivity index (χ2n) is 7.81. The highest BCUT2D eigenvalue weighted by Crippen LogP contribution is 2.40. The van der Waals surface area contributed by atoms with Crippen LogP contribution in [-0.4, -0.2) is 52.9 Å². The van der Waals surface area contributed by atoms with Gasteiger partial charge in [-0.25, -0.2) is 0 Å². The lowest BCUT2D eigenvalue weighted by atomic mass is 9.76. The smallest absolute Gasteiger partial charge is 0.209 e. The fourth-order valence-electron chi connectivity index (χ4n) is 4.27. The molecule has 1 heterocycles. The van der Waals surface area contributed by atoms with Gasteiger partial charge in [-0.1, -0.05) is 32.0 Å². The number of carbonyl (C=O) groups excluding carboxylic acids is 2. The first-order valence-corrected chi connectivity index (χ1v) is 9.59. The Balaban J connectivity index is 1.92. The van der Waals surface area contributed by atoms with E-state index in [1.807, 2.05) is 30.2 Å². The Bertz CT molecular complexity index is 793. The largest absolute Gasteiger partial charge is 0.292 e. The SMILES string of the molecule is CCCN(CCC)C1C(=O)C(=CC2=[N+](C)c3ccccc3C2(C)C)C1=O. The topological polar surface area (TPSA) is 40.4 Å². The summed E-state index contributed by atoms with van der Waals surface area (Å²) in [7, 11) is 2.01. The zero-order valence-corrected chi connectivity index (χ0v) is 16.5. The van der Waals surface area contributed by atoms with Gasteiger partial charge in [-0.05, 0) is 39.8 Å². The maximum atomic E-state index is 12.8. The van der Waals surface area contributed by atoms with Gasteiger partial charge in [0.15, 0.2) is 17.3 Å². The number of carbonyl (C=O) groups is 2. The number of hydrogen-bond donors (Lipinski definition) is 0. The van der Waals surface area contributed by atoms with Crippen molar-refractivity contribution in [2.45, 2.75) is 52.0 Å². The second kappa shape index (κ2) is 6.92. The summed E-state index contributed by atoms with van der Waals surface area (Å²) in [5, 5.41) is 0. The second-order valence-corrected chi connectivity index (χ2v) is 7.81. The molecular weight excluding hydrogens is 324 g/mol. The summed E-state index contributed by atoms with van der Waals surface area (Å²) in [6.45, 7) is 10.0. The number of fused-ring (bicyclic) bond motifs is 1. The quantitative estimate of drug-likeness (QED) is 0.341. The van der Waals surface area contributed by atoms with Gasteiger partial charge < -0.3 is 0 Å². The number of Topliss-reactive ketones (excluding diaryl/α,β-unsaturated/α-hetero) is 2. The molecule has 1 aliphatic heterocycles. The Kier molecular flexibility index (Phi) is 4.98. The zero-order chi connectivity index (χ0) is 19.1. The predicted octanol–water partition coefficient (Wildman–Crippen LogP) is 3.26. The summed E-state index contributed by atoms with van der Waals surface area (Å²) in [5.74, 6) is -0.0471. The van der Waals surface area contributed by atoms with Gasteiger partial charge in [0.1, 0.15) is 13.1 Å². The Labute approximate surface area is 156 Å². The molecule has 0 saturated heterocycles. The van der Waals surface area contributed by atoms with E-state index in [1.54, 1.807) is 0 Å². The molecule has 3 rings (SSSR count). The molecule has 0 bridgehead atoms. The molecular formula is C22H29N2O2+. The molecule has 1 aliphatic carbocycles. The van der Waals surface area contributed by atoms with E-state index in [1.165, 1.54) is 5.56 Å². The zero-order valence-electron chi connectivity index (χ0n) is 16.5. The lowest BCUT2D eigenvalue weighted by Crippen LogP contribution is -2.57. The van der Waals surface area contributed by atoms with E-state index in [2.05, 4.69) is 44.4 Å². The number of allylic oxidation sites excluding steroid dienone is 1. The van der Waals surface area contributed by atoms with Gasteiger partial charge in [0.2, 0.25) is 5.69 Å². The molecule has 0 aromatic heterocycles. The van der Waals surface area contributed by atoms with Crippen LogP contribution in [0.1, 0.15) is 46.1 Å². The summed E-state index contributed by atoms with van der Waals surface area (Å²) in [6, 6.07) is 7.69. The van der Waals surface area contributed by atoms with Gasteiger partial charge in [0, 0.05) is 17.7 Å². The van der Waals surface area contributed by atoms with E-state index >= 15 is 0 Å². The molecule has 0 spiro atoms. The number of para-hydroxylation sites is 1. The van der Waals surface area contributed by atoms with Crippen LogP contribution in [0.4, 0.5) is 5.69 Å². The number of benzene rings is 1. The standard InChI is InChI=1S/C22H29N2O2/c1-6-12-24(13-7-2)19-20(25)15(21(19)26)14-18-22(3,4)16-10-8-9-11-17(16)23(18)5/h8-11,14,19H,6-7,12-13H2,1-5H3/q+1. The minimum atomic E-state index is -0.570. The van der Waals surface area contributed by atoms with E-state index in [9.17, 15) is 9.59 Å². The van der Waals surface area contributed by atoms with E-state index in [-0.39, 0.29) is 17.0 Å². The third kappa shape index (κ3) is 2.77. The van der Waals surface area contributed by atoms with Crippen molar-refractivity contribution in [2.75, 3.05) is 20.1 Å². The predicted molar refractivity (Wildman–Crippen MR) is 104 cm³/mol. The maximum Gasteiger partial charge on any atom is 0.209 e. The average Bonchev–Trinajstić information content (AvgIpc) is 2.80. The van der Waals surface area contributed by atoms with Gasteiger partial charge >= 0.3 is 0 Å². The van der Waals surface area contributed by atoms with Crippen LogP contribution in [0.5, 0.6) is 0 Å². The maximum absolute atomic E-state index is 12.8. The molecule has 4 heteroatoms. The lowest BCUT2D eigenvalue weighted by Gasteiger charge is -2.36. The van der Waals surface area contributed by atoms with Crippen LogP contribution < -0.4 is 0 Å². The molecule has 1 saturated carbocycles. The van der Waals surface area contributed by atoms with E-state index < -0.39 is 6.04 Å². The molecule has 1 aromatic carbocycles. The van der Waals surface area contributed by atoms with Crippen LogP contribution in [0, 0.1) is 0 Å². The van der Waals surface area contributed by atoms with Crippen LogP contribution in [-0.2, 0) is 15.0 Å². The summed E-state index contributed by atoms with van der Waals surface area (Å²) in [5.41, 5.74) is 3.50. The van der Waals surface area contributed by atoms with E-state index in [0.29, 0.717) is 5.57 Å². The van der Waals surface area contributed by atoms with Crippen molar-refractivity contribution in [1.29, 1.82) is 0 Å². The van der Waals surface area contributed by atoms with E-state index in [4.69, 9.17) is 0 Å². The highest BCUT2D eigenvalue weighted by atomic mass is 16.2. The number of rotatable bonds is 6. The molecule has 1 aromatic rings. The minimum absolute atomic E-state index is 0.0236. The minimum Gasteiger partial charge on any atom is -0.292 e. The first-order chi connectivity index (χ1) is 12.3. The molecule has 0 amide bonds. The number of nitrogens with zero attached hydrogens (tertiary/aromatic N) is 2. The normalized spacial score (nSPS) is 21.3. The average molecular weight is 353 g/mol. The van der Waals surface area contributed by atoms with Gasteiger partial charge in [-0.15, -0.1) is 0 Å². The van der Waals surface area contributed by atoms with Crippen molar-refractivity contribution in [3.05, 3.63) is 41.5 Å². The molecule has 1 fully saturated rings. The summed E-state index contributed by atoms with van der Waals surface area (Å²) in [6.07, 6.45) is 3.72. The molecule has 138 valence electrons. The van der Waals surface area contributed by atoms with Crippen LogP contribution in [0.3, 0.4) is 0 Å².